The van der Waals surface area contributed by atoms with E-state index in [1.807, 2.05) is 18.2 Å². The van der Waals surface area contributed by atoms with E-state index in [2.05, 4.69) is 20.7 Å². The molecule has 0 aliphatic carbocycles. The molecule has 3 rings (SSSR count). The summed E-state index contributed by atoms with van der Waals surface area (Å²) in [6.07, 6.45) is 3.30. The highest BCUT2D eigenvalue weighted by Crippen LogP contribution is 2.28. The van der Waals surface area contributed by atoms with Gasteiger partial charge in [0.15, 0.2) is 0 Å². The van der Waals surface area contributed by atoms with Gasteiger partial charge in [0.25, 0.3) is 0 Å². The van der Waals surface area contributed by atoms with E-state index in [1.165, 1.54) is 12.1 Å². The second-order valence-corrected chi connectivity index (χ2v) is 6.93. The second-order valence-electron chi connectivity index (χ2n) is 6.52. The number of hydrogen-bond acceptors (Lipinski definition) is 3. The van der Waals surface area contributed by atoms with Crippen LogP contribution in [0.25, 0.3) is 0 Å². The van der Waals surface area contributed by atoms with Crippen molar-refractivity contribution >= 4 is 23.4 Å². The zero-order valence-electron chi connectivity index (χ0n) is 14.9. The lowest BCUT2D eigenvalue weighted by Gasteiger charge is -2.28. The van der Waals surface area contributed by atoms with Gasteiger partial charge in [-0.1, -0.05) is 23.7 Å². The minimum absolute atomic E-state index is 0.250. The molecule has 0 saturated carbocycles. The van der Waals surface area contributed by atoms with Crippen LogP contribution in [0.2, 0.25) is 5.02 Å². The summed E-state index contributed by atoms with van der Waals surface area (Å²) in [6, 6.07) is 11.0. The largest absolute Gasteiger partial charge is 0.329 e. The van der Waals surface area contributed by atoms with Gasteiger partial charge < -0.3 is 5.32 Å². The number of pyridine rings is 1. The van der Waals surface area contributed by atoms with Crippen LogP contribution in [-0.2, 0) is 12.1 Å². The van der Waals surface area contributed by atoms with Crippen molar-refractivity contribution in [2.75, 3.05) is 5.32 Å². The Kier molecular flexibility index (Phi) is 5.41. The molecule has 0 radical (unpaired) electrons. The first-order valence-corrected chi connectivity index (χ1v) is 8.69. The number of halogens is 2. The number of carbonyl (C=O) groups is 1. The monoisotopic (exact) mass is 387 g/mol. The van der Waals surface area contributed by atoms with E-state index in [0.717, 1.165) is 5.69 Å². The van der Waals surface area contributed by atoms with Crippen LogP contribution in [0.5, 0.6) is 0 Å². The van der Waals surface area contributed by atoms with Crippen molar-refractivity contribution in [1.29, 1.82) is 0 Å². The highest BCUT2D eigenvalue weighted by atomic mass is 35.5. The first-order valence-electron chi connectivity index (χ1n) is 8.31. The maximum absolute atomic E-state index is 13.3. The van der Waals surface area contributed by atoms with Crippen molar-refractivity contribution in [3.8, 4) is 0 Å². The SMILES string of the molecule is CC(C)(NC(=O)Nc1ccnn1Cc1ccccn1)c1ccc(F)cc1Cl. The van der Waals surface area contributed by atoms with Crippen LogP contribution >= 0.6 is 11.6 Å². The second kappa shape index (κ2) is 7.75. The Hall–Kier alpha value is -2.93. The number of carbonyl (C=O) groups excluding carboxylic acids is 1. The quantitative estimate of drug-likeness (QED) is 0.690. The summed E-state index contributed by atoms with van der Waals surface area (Å²) in [7, 11) is 0. The number of hydrogen-bond donors (Lipinski definition) is 2. The first kappa shape index (κ1) is 18.8. The molecule has 0 bridgehead atoms. The summed E-state index contributed by atoms with van der Waals surface area (Å²) >= 11 is 6.12. The van der Waals surface area contributed by atoms with Crippen molar-refractivity contribution < 1.29 is 9.18 Å². The molecule has 2 aromatic heterocycles. The van der Waals surface area contributed by atoms with E-state index in [9.17, 15) is 9.18 Å². The Morgan fingerprint density at radius 1 is 1.22 bits per heavy atom. The number of aromatic nitrogens is 3. The van der Waals surface area contributed by atoms with Crippen molar-refractivity contribution in [2.24, 2.45) is 0 Å². The zero-order valence-corrected chi connectivity index (χ0v) is 15.7. The van der Waals surface area contributed by atoms with Gasteiger partial charge in [0.1, 0.15) is 11.6 Å². The van der Waals surface area contributed by atoms with E-state index in [1.54, 1.807) is 43.1 Å². The fourth-order valence-electron chi connectivity index (χ4n) is 2.71. The molecule has 2 amide bonds. The Labute approximate surface area is 161 Å². The van der Waals surface area contributed by atoms with Crippen LogP contribution in [0.3, 0.4) is 0 Å². The maximum atomic E-state index is 13.3. The maximum Gasteiger partial charge on any atom is 0.321 e. The molecule has 0 aliphatic heterocycles. The van der Waals surface area contributed by atoms with Gasteiger partial charge in [0.05, 0.1) is 24.0 Å². The third-order valence-electron chi connectivity index (χ3n) is 4.03. The Balaban J connectivity index is 1.70. The van der Waals surface area contributed by atoms with Crippen molar-refractivity contribution in [3.63, 3.8) is 0 Å². The highest BCUT2D eigenvalue weighted by Gasteiger charge is 2.26. The number of urea groups is 1. The number of rotatable bonds is 5. The molecule has 0 spiro atoms. The molecule has 3 aromatic rings. The topological polar surface area (TPSA) is 71.8 Å². The van der Waals surface area contributed by atoms with Gasteiger partial charge in [-0.15, -0.1) is 0 Å². The van der Waals surface area contributed by atoms with Crippen molar-refractivity contribution in [3.05, 3.63) is 77.0 Å². The third-order valence-corrected chi connectivity index (χ3v) is 4.34. The summed E-state index contributed by atoms with van der Waals surface area (Å²) in [4.78, 5) is 16.7. The molecule has 0 unspecified atom stereocenters. The smallest absolute Gasteiger partial charge is 0.321 e. The molecule has 0 saturated heterocycles. The predicted octanol–water partition coefficient (Wildman–Crippen LogP) is 4.18. The fourth-order valence-corrected chi connectivity index (χ4v) is 3.11. The summed E-state index contributed by atoms with van der Waals surface area (Å²) in [5.74, 6) is 0.0987. The lowest BCUT2D eigenvalue weighted by molar-refractivity contribution is 0.241. The van der Waals surface area contributed by atoms with Gasteiger partial charge in [0, 0.05) is 17.3 Å². The Morgan fingerprint density at radius 2 is 2.04 bits per heavy atom. The van der Waals surface area contributed by atoms with Crippen LogP contribution in [0.4, 0.5) is 15.0 Å². The molecule has 27 heavy (non-hydrogen) atoms. The third kappa shape index (κ3) is 4.62. The van der Waals surface area contributed by atoms with Gasteiger partial charge >= 0.3 is 6.03 Å². The molecule has 2 heterocycles. The molecular weight excluding hydrogens is 369 g/mol. The van der Waals surface area contributed by atoms with Gasteiger partial charge in [-0.25, -0.2) is 13.9 Å². The van der Waals surface area contributed by atoms with Crippen LogP contribution in [0.15, 0.2) is 54.9 Å². The molecule has 0 atom stereocenters. The summed E-state index contributed by atoms with van der Waals surface area (Å²) in [6.45, 7) is 4.00. The molecule has 0 aliphatic rings. The Bertz CT molecular complexity index is 942. The molecule has 8 heteroatoms. The minimum Gasteiger partial charge on any atom is -0.329 e. The average molecular weight is 388 g/mol. The van der Waals surface area contributed by atoms with Crippen LogP contribution in [0.1, 0.15) is 25.1 Å². The normalized spacial score (nSPS) is 11.3. The van der Waals surface area contributed by atoms with Gasteiger partial charge in [0.2, 0.25) is 0 Å². The average Bonchev–Trinajstić information content (AvgIpc) is 3.01. The lowest BCUT2D eigenvalue weighted by atomic mass is 9.94. The number of benzene rings is 1. The number of anilines is 1. The summed E-state index contributed by atoms with van der Waals surface area (Å²) in [5, 5.41) is 10.1. The molecule has 1 aromatic carbocycles. The van der Waals surface area contributed by atoms with Crippen molar-refractivity contribution in [1.82, 2.24) is 20.1 Å². The number of nitrogens with zero attached hydrogens (tertiary/aromatic N) is 3. The van der Waals surface area contributed by atoms with Crippen molar-refractivity contribution in [2.45, 2.75) is 25.9 Å². The Morgan fingerprint density at radius 3 is 2.74 bits per heavy atom. The van der Waals surface area contributed by atoms with E-state index in [0.29, 0.717) is 17.9 Å². The van der Waals surface area contributed by atoms with Crippen LogP contribution in [0, 0.1) is 5.82 Å². The predicted molar refractivity (Wildman–Crippen MR) is 102 cm³/mol. The van der Waals surface area contributed by atoms with E-state index in [4.69, 9.17) is 11.6 Å². The highest BCUT2D eigenvalue weighted by molar-refractivity contribution is 6.31. The lowest BCUT2D eigenvalue weighted by Crippen LogP contribution is -2.43. The minimum atomic E-state index is -0.805. The first-order chi connectivity index (χ1) is 12.8. The van der Waals surface area contributed by atoms with Gasteiger partial charge in [-0.3, -0.25) is 10.3 Å². The molecule has 140 valence electrons. The molecule has 2 N–H and O–H groups in total. The van der Waals surface area contributed by atoms with Crippen LogP contribution in [-0.4, -0.2) is 20.8 Å². The fraction of sp³-hybridized carbons (Fsp3) is 0.211. The van der Waals surface area contributed by atoms with Gasteiger partial charge in [-0.05, 0) is 43.7 Å². The molecular formula is C19H19ClFN5O. The van der Waals surface area contributed by atoms with E-state index in [-0.39, 0.29) is 5.02 Å². The molecule has 6 nitrogen and oxygen atoms in total. The van der Waals surface area contributed by atoms with Gasteiger partial charge in [-0.2, -0.15) is 5.10 Å². The van der Waals surface area contributed by atoms with E-state index >= 15 is 0 Å². The summed E-state index contributed by atoms with van der Waals surface area (Å²) < 4.78 is 14.9. The van der Waals surface area contributed by atoms with Crippen LogP contribution < -0.4 is 10.6 Å². The van der Waals surface area contributed by atoms with E-state index < -0.39 is 17.4 Å². The zero-order chi connectivity index (χ0) is 19.4. The number of nitrogens with one attached hydrogen (secondary N) is 2. The molecule has 0 fully saturated rings. The number of amides is 2. The standard InChI is InChI=1S/C19H19ClFN5O/c1-19(2,15-7-6-13(21)11-16(15)20)25-18(27)24-17-8-10-23-26(17)12-14-5-3-4-9-22-14/h3-11H,12H2,1-2H3,(H2,24,25,27). The summed E-state index contributed by atoms with van der Waals surface area (Å²) in [5.41, 5.74) is 0.631.